The van der Waals surface area contributed by atoms with E-state index in [0.717, 1.165) is 41.6 Å². The molecule has 1 aromatic carbocycles. The van der Waals surface area contributed by atoms with Crippen molar-refractivity contribution >= 4 is 22.8 Å². The van der Waals surface area contributed by atoms with Gasteiger partial charge in [-0.05, 0) is 99.1 Å². The van der Waals surface area contributed by atoms with Gasteiger partial charge in [-0.1, -0.05) is 32.9 Å². The van der Waals surface area contributed by atoms with Gasteiger partial charge in [0, 0.05) is 31.2 Å². The van der Waals surface area contributed by atoms with Gasteiger partial charge in [0.1, 0.15) is 0 Å². The number of benzene rings is 1. The SMILES string of the molecule is C[C@H]1CC[C@@H]2C[C@H](n3c(=O)c(N4CC(C(=O)O)C4)nc4ccccc43)C[C@H]1N2CC[C@@H]1CC[C@H]2C[C@@H]1C2(C)C. The van der Waals surface area contributed by atoms with Gasteiger partial charge in [-0.2, -0.15) is 0 Å². The zero-order valence-electron chi connectivity index (χ0n) is 23.8. The topological polar surface area (TPSA) is 78.7 Å². The number of carboxylic acid groups (broad SMARTS) is 1. The fourth-order valence-corrected chi connectivity index (χ4v) is 9.42. The van der Waals surface area contributed by atoms with E-state index in [2.05, 4.69) is 25.7 Å². The lowest BCUT2D eigenvalue weighted by Crippen LogP contribution is -2.58. The van der Waals surface area contributed by atoms with Gasteiger partial charge in [0.25, 0.3) is 5.56 Å². The summed E-state index contributed by atoms with van der Waals surface area (Å²) in [5.74, 6) is 2.58. The van der Waals surface area contributed by atoms with Gasteiger partial charge in [0.15, 0.2) is 5.82 Å². The fourth-order valence-electron chi connectivity index (χ4n) is 9.42. The molecule has 3 saturated carbocycles. The van der Waals surface area contributed by atoms with Gasteiger partial charge in [-0.25, -0.2) is 4.98 Å². The number of hydrogen-bond acceptors (Lipinski definition) is 5. The first-order valence-electron chi connectivity index (χ1n) is 15.5. The van der Waals surface area contributed by atoms with Crippen molar-refractivity contribution in [1.29, 1.82) is 0 Å². The summed E-state index contributed by atoms with van der Waals surface area (Å²) >= 11 is 0. The molecule has 1 N–H and O–H groups in total. The molecule has 2 aromatic rings. The Morgan fingerprint density at radius 1 is 1.05 bits per heavy atom. The summed E-state index contributed by atoms with van der Waals surface area (Å²) < 4.78 is 2.04. The number of para-hydroxylation sites is 2. The highest BCUT2D eigenvalue weighted by atomic mass is 16.4. The van der Waals surface area contributed by atoms with E-state index in [-0.39, 0.29) is 11.6 Å². The third-order valence-electron chi connectivity index (χ3n) is 12.0. The van der Waals surface area contributed by atoms with Gasteiger partial charge in [-0.15, -0.1) is 0 Å². The molecule has 3 saturated heterocycles. The first-order chi connectivity index (χ1) is 18.7. The summed E-state index contributed by atoms with van der Waals surface area (Å²) in [6.45, 7) is 9.35. The molecule has 6 fully saturated rings. The highest BCUT2D eigenvalue weighted by Crippen LogP contribution is 2.62. The quantitative estimate of drug-likeness (QED) is 0.552. The molecule has 0 amide bonds. The van der Waals surface area contributed by atoms with Crippen LogP contribution in [0.5, 0.6) is 0 Å². The van der Waals surface area contributed by atoms with Crippen molar-refractivity contribution < 1.29 is 9.90 Å². The molecule has 8 rings (SSSR count). The number of carboxylic acids is 1. The van der Waals surface area contributed by atoms with E-state index < -0.39 is 11.9 Å². The minimum absolute atomic E-state index is 0.0503. The molecule has 39 heavy (non-hydrogen) atoms. The van der Waals surface area contributed by atoms with Gasteiger partial charge in [0.2, 0.25) is 0 Å². The lowest BCUT2D eigenvalue weighted by atomic mass is 9.45. The molecule has 3 aliphatic heterocycles. The number of hydrogen-bond donors (Lipinski definition) is 1. The number of aromatic nitrogens is 2. The van der Waals surface area contributed by atoms with Crippen molar-refractivity contribution in [2.24, 2.45) is 35.0 Å². The summed E-state index contributed by atoms with van der Waals surface area (Å²) in [5, 5.41) is 9.37. The zero-order valence-corrected chi connectivity index (χ0v) is 23.8. The number of aliphatic carboxylic acids is 1. The molecule has 4 bridgehead atoms. The van der Waals surface area contributed by atoms with Crippen LogP contribution >= 0.6 is 0 Å². The van der Waals surface area contributed by atoms with Crippen LogP contribution in [0.2, 0.25) is 0 Å². The summed E-state index contributed by atoms with van der Waals surface area (Å²) in [6.07, 6.45) is 10.1. The largest absolute Gasteiger partial charge is 0.481 e. The summed E-state index contributed by atoms with van der Waals surface area (Å²) in [7, 11) is 0. The standard InChI is InChI=1S/C32H44N4O3/c1-19-8-11-23-15-24(16-28(19)35(23)13-12-20-9-10-22-14-25(20)32(22,2)3)36-27-7-5-4-6-26(27)33-29(30(36)37)34-17-21(18-34)31(38)39/h4-7,19-25,28H,8-18H2,1-3H3,(H,38,39)/t19-,20-,22-,23+,24-,25-,28+/m0/s1. The number of piperidine rings is 2. The minimum Gasteiger partial charge on any atom is -0.481 e. The number of nitrogens with zero attached hydrogens (tertiary/aromatic N) is 4. The lowest BCUT2D eigenvalue weighted by Gasteiger charge is -2.61. The maximum absolute atomic E-state index is 14.0. The number of fused-ring (bicyclic) bond motifs is 5. The Hall–Kier alpha value is -2.41. The molecule has 6 aliphatic rings. The lowest BCUT2D eigenvalue weighted by molar-refractivity contribution is -0.142. The molecule has 3 aliphatic carbocycles. The average molecular weight is 533 g/mol. The van der Waals surface area contributed by atoms with Gasteiger partial charge in [0.05, 0.1) is 17.0 Å². The Morgan fingerprint density at radius 2 is 1.85 bits per heavy atom. The van der Waals surface area contributed by atoms with Crippen LogP contribution in [0.1, 0.15) is 78.2 Å². The van der Waals surface area contributed by atoms with Crippen LogP contribution in [0.3, 0.4) is 0 Å². The van der Waals surface area contributed by atoms with Crippen LogP contribution in [-0.4, -0.2) is 57.2 Å². The van der Waals surface area contributed by atoms with E-state index in [1.54, 1.807) is 0 Å². The van der Waals surface area contributed by atoms with Crippen LogP contribution in [0.4, 0.5) is 5.82 Å². The second-order valence-corrected chi connectivity index (χ2v) is 14.2. The summed E-state index contributed by atoms with van der Waals surface area (Å²) in [4.78, 5) is 34.9. The van der Waals surface area contributed by atoms with E-state index in [9.17, 15) is 14.7 Å². The fraction of sp³-hybridized carbons (Fsp3) is 0.719. The van der Waals surface area contributed by atoms with Gasteiger partial charge in [-0.3, -0.25) is 14.5 Å². The zero-order chi connectivity index (χ0) is 27.1. The van der Waals surface area contributed by atoms with Crippen molar-refractivity contribution in [2.45, 2.75) is 90.3 Å². The molecule has 0 spiro atoms. The number of anilines is 1. The smallest absolute Gasteiger partial charge is 0.310 e. The van der Waals surface area contributed by atoms with E-state index >= 15 is 0 Å². The second-order valence-electron chi connectivity index (χ2n) is 14.2. The molecule has 0 unspecified atom stereocenters. The van der Waals surface area contributed by atoms with Crippen LogP contribution < -0.4 is 10.5 Å². The predicted molar refractivity (Wildman–Crippen MR) is 153 cm³/mol. The molecule has 210 valence electrons. The van der Waals surface area contributed by atoms with E-state index in [1.807, 2.05) is 33.7 Å². The van der Waals surface area contributed by atoms with Crippen LogP contribution in [-0.2, 0) is 4.79 Å². The van der Waals surface area contributed by atoms with Crippen molar-refractivity contribution in [2.75, 3.05) is 24.5 Å². The number of carbonyl (C=O) groups is 1. The first kappa shape index (κ1) is 25.6. The molecule has 0 radical (unpaired) electrons. The van der Waals surface area contributed by atoms with Crippen LogP contribution in [0, 0.1) is 35.0 Å². The van der Waals surface area contributed by atoms with Crippen molar-refractivity contribution in [3.05, 3.63) is 34.6 Å². The first-order valence-corrected chi connectivity index (χ1v) is 15.5. The summed E-state index contributed by atoms with van der Waals surface area (Å²) in [6, 6.07) is 9.18. The van der Waals surface area contributed by atoms with Crippen molar-refractivity contribution in [3.8, 4) is 0 Å². The molecular weight excluding hydrogens is 488 g/mol. The summed E-state index contributed by atoms with van der Waals surface area (Å²) in [5.41, 5.74) is 2.23. The number of rotatable bonds is 6. The molecule has 1 aromatic heterocycles. The Balaban J connectivity index is 1.15. The maximum atomic E-state index is 14.0. The molecule has 7 heteroatoms. The Bertz CT molecular complexity index is 1330. The monoisotopic (exact) mass is 532 g/mol. The molecule has 4 heterocycles. The Morgan fingerprint density at radius 3 is 2.59 bits per heavy atom. The third kappa shape index (κ3) is 4.05. The Labute approximate surface area is 231 Å². The maximum Gasteiger partial charge on any atom is 0.310 e. The Kier molecular flexibility index (Phi) is 6.11. The third-order valence-corrected chi connectivity index (χ3v) is 12.0. The normalized spacial score (nSPS) is 35.9. The van der Waals surface area contributed by atoms with Gasteiger partial charge >= 0.3 is 5.97 Å². The van der Waals surface area contributed by atoms with E-state index in [4.69, 9.17) is 4.98 Å². The van der Waals surface area contributed by atoms with E-state index in [1.165, 1.54) is 45.1 Å². The van der Waals surface area contributed by atoms with Crippen molar-refractivity contribution in [3.63, 3.8) is 0 Å². The second kappa shape index (κ2) is 9.32. The average Bonchev–Trinajstić information content (AvgIpc) is 2.89. The van der Waals surface area contributed by atoms with E-state index in [0.29, 0.717) is 42.3 Å². The van der Waals surface area contributed by atoms with Crippen LogP contribution in [0.15, 0.2) is 29.1 Å². The predicted octanol–water partition coefficient (Wildman–Crippen LogP) is 5.18. The highest BCUT2D eigenvalue weighted by Gasteiger charge is 2.54. The van der Waals surface area contributed by atoms with Crippen molar-refractivity contribution in [1.82, 2.24) is 14.5 Å². The highest BCUT2D eigenvalue weighted by molar-refractivity contribution is 5.78. The van der Waals surface area contributed by atoms with Crippen LogP contribution in [0.25, 0.3) is 11.0 Å². The minimum atomic E-state index is -0.796. The molecule has 7 nitrogen and oxygen atoms in total. The van der Waals surface area contributed by atoms with Gasteiger partial charge < -0.3 is 14.6 Å². The molecule has 7 atom stereocenters. The molecular formula is C32H44N4O3.